The molecule has 0 aliphatic carbocycles. The van der Waals surface area contributed by atoms with Gasteiger partial charge in [0.2, 0.25) is 0 Å². The Morgan fingerprint density at radius 3 is 2.28 bits per heavy atom. The largest absolute Gasteiger partial charge is 0.487 e. The van der Waals surface area contributed by atoms with Gasteiger partial charge in [0.1, 0.15) is 0 Å². The number of carbonyl (C=O) groups is 1. The van der Waals surface area contributed by atoms with Crippen LogP contribution >= 0.6 is 0 Å². The van der Waals surface area contributed by atoms with E-state index in [1.54, 1.807) is 5.98 Å². The average Bonchev–Trinajstić information content (AvgIpc) is 2.45. The fourth-order valence-electron chi connectivity index (χ4n) is 1.49. The molecule has 0 atom stereocenters. The number of hydrogen-bond acceptors (Lipinski definition) is 4. The predicted molar refractivity (Wildman–Crippen MR) is 71.1 cm³/mol. The van der Waals surface area contributed by atoms with E-state index in [0.29, 0.717) is 6.61 Å². The van der Waals surface area contributed by atoms with Crippen LogP contribution in [0.5, 0.6) is 0 Å². The highest BCUT2D eigenvalue weighted by Gasteiger charge is 2.50. The fourth-order valence-corrected chi connectivity index (χ4v) is 1.49. The van der Waals surface area contributed by atoms with Gasteiger partial charge in [-0.1, -0.05) is 13.3 Å². The van der Waals surface area contributed by atoms with Gasteiger partial charge in [-0.15, -0.1) is 0 Å². The zero-order chi connectivity index (χ0) is 13.8. The second-order valence-corrected chi connectivity index (χ2v) is 5.50. The molecular weight excluding hydrogens is 231 g/mol. The van der Waals surface area contributed by atoms with E-state index in [9.17, 15) is 4.79 Å². The summed E-state index contributed by atoms with van der Waals surface area (Å²) in [5.74, 6) is 1.25. The van der Waals surface area contributed by atoms with Crippen molar-refractivity contribution in [1.29, 1.82) is 0 Å². The van der Waals surface area contributed by atoms with Gasteiger partial charge in [-0.2, -0.15) is 0 Å². The van der Waals surface area contributed by atoms with E-state index in [1.807, 2.05) is 34.6 Å². The molecule has 1 rings (SSSR count). The fraction of sp³-hybridized carbons (Fsp3) is 0.769. The van der Waals surface area contributed by atoms with E-state index < -0.39 is 7.12 Å². The molecule has 0 amide bonds. The number of ether oxygens (including phenoxy) is 1. The molecule has 1 aliphatic heterocycles. The average molecular weight is 254 g/mol. The van der Waals surface area contributed by atoms with Gasteiger partial charge in [0, 0.05) is 6.08 Å². The lowest BCUT2D eigenvalue weighted by atomic mass is 9.90. The Hall–Kier alpha value is -0.805. The molecular formula is C13H23BO4. The van der Waals surface area contributed by atoms with E-state index >= 15 is 0 Å². The minimum atomic E-state index is -0.492. The third kappa shape index (κ3) is 3.85. The quantitative estimate of drug-likeness (QED) is 0.327. The summed E-state index contributed by atoms with van der Waals surface area (Å²) < 4.78 is 16.5. The summed E-state index contributed by atoms with van der Waals surface area (Å²) in [6.07, 6.45) is 3.27. The van der Waals surface area contributed by atoms with Crippen molar-refractivity contribution in [3.8, 4) is 0 Å². The standard InChI is InChI=1S/C13H23BO4/c1-6-7-10-16-11(15)8-9-14-17-12(2,3)13(4,5)18-14/h8-9H,6-7,10H2,1-5H3/b9-8+. The van der Waals surface area contributed by atoms with Gasteiger partial charge in [-0.05, 0) is 40.1 Å². The first-order valence-corrected chi connectivity index (χ1v) is 6.49. The highest BCUT2D eigenvalue weighted by molar-refractivity contribution is 6.52. The van der Waals surface area contributed by atoms with Crippen LogP contribution in [0.15, 0.2) is 12.1 Å². The van der Waals surface area contributed by atoms with Crippen LogP contribution in [0.25, 0.3) is 0 Å². The van der Waals surface area contributed by atoms with Gasteiger partial charge in [-0.3, -0.25) is 0 Å². The number of rotatable bonds is 5. The van der Waals surface area contributed by atoms with Gasteiger partial charge >= 0.3 is 13.1 Å². The molecule has 102 valence electrons. The molecule has 4 nitrogen and oxygen atoms in total. The molecule has 0 N–H and O–H groups in total. The summed E-state index contributed by atoms with van der Waals surface area (Å²) in [4.78, 5) is 11.4. The minimum Gasteiger partial charge on any atom is -0.463 e. The SMILES string of the molecule is CCCCOC(=O)/C=C/B1OC(C)(C)C(C)(C)O1. The zero-order valence-electron chi connectivity index (χ0n) is 12.0. The van der Waals surface area contributed by atoms with Crippen LogP contribution in [0.3, 0.4) is 0 Å². The number of esters is 1. The summed E-state index contributed by atoms with van der Waals surface area (Å²) in [7, 11) is -0.492. The summed E-state index contributed by atoms with van der Waals surface area (Å²) >= 11 is 0. The second-order valence-electron chi connectivity index (χ2n) is 5.50. The van der Waals surface area contributed by atoms with Crippen molar-refractivity contribution >= 4 is 13.1 Å². The Morgan fingerprint density at radius 1 is 1.22 bits per heavy atom. The lowest BCUT2D eigenvalue weighted by Crippen LogP contribution is -2.41. The Balaban J connectivity index is 2.43. The van der Waals surface area contributed by atoms with Crippen LogP contribution in [0.4, 0.5) is 0 Å². The molecule has 1 heterocycles. The van der Waals surface area contributed by atoms with Crippen molar-refractivity contribution in [2.75, 3.05) is 6.61 Å². The first kappa shape index (κ1) is 15.3. The van der Waals surface area contributed by atoms with Crippen molar-refractivity contribution < 1.29 is 18.8 Å². The molecule has 5 heteroatoms. The Kier molecular flexibility index (Phi) is 4.99. The van der Waals surface area contributed by atoms with Crippen LogP contribution in [0, 0.1) is 0 Å². The lowest BCUT2D eigenvalue weighted by molar-refractivity contribution is -0.137. The maximum atomic E-state index is 11.4. The molecule has 18 heavy (non-hydrogen) atoms. The van der Waals surface area contributed by atoms with Gasteiger partial charge in [0.05, 0.1) is 17.8 Å². The van der Waals surface area contributed by atoms with Crippen LogP contribution < -0.4 is 0 Å². The van der Waals surface area contributed by atoms with Crippen LogP contribution in [0.2, 0.25) is 0 Å². The number of hydrogen-bond donors (Lipinski definition) is 0. The van der Waals surface area contributed by atoms with E-state index in [1.165, 1.54) is 6.08 Å². The third-order valence-electron chi connectivity index (χ3n) is 3.40. The monoisotopic (exact) mass is 254 g/mol. The number of unbranched alkanes of at least 4 members (excludes halogenated alkanes) is 1. The van der Waals surface area contributed by atoms with Crippen LogP contribution in [0.1, 0.15) is 47.5 Å². The Labute approximate surface area is 110 Å². The predicted octanol–water partition coefficient (Wildman–Crippen LogP) is 2.52. The van der Waals surface area contributed by atoms with Gasteiger partial charge in [0.15, 0.2) is 0 Å². The lowest BCUT2D eigenvalue weighted by Gasteiger charge is -2.32. The van der Waals surface area contributed by atoms with Crippen molar-refractivity contribution in [2.24, 2.45) is 0 Å². The molecule has 1 aliphatic rings. The zero-order valence-corrected chi connectivity index (χ0v) is 12.0. The second kappa shape index (κ2) is 5.89. The summed E-state index contributed by atoms with van der Waals surface area (Å²) in [6.45, 7) is 10.4. The van der Waals surface area contributed by atoms with Crippen molar-refractivity contribution in [1.82, 2.24) is 0 Å². The summed E-state index contributed by atoms with van der Waals surface area (Å²) in [5.41, 5.74) is -0.762. The molecule has 0 saturated carbocycles. The topological polar surface area (TPSA) is 44.8 Å². The van der Waals surface area contributed by atoms with Gasteiger partial charge in [-0.25, -0.2) is 4.79 Å². The molecule has 0 unspecified atom stereocenters. The van der Waals surface area contributed by atoms with Crippen molar-refractivity contribution in [3.05, 3.63) is 12.1 Å². The Morgan fingerprint density at radius 2 is 1.78 bits per heavy atom. The number of carbonyl (C=O) groups excluding carboxylic acids is 1. The molecule has 1 fully saturated rings. The molecule has 1 saturated heterocycles. The molecule has 0 aromatic heterocycles. The normalized spacial score (nSPS) is 21.5. The van der Waals surface area contributed by atoms with E-state index in [2.05, 4.69) is 0 Å². The maximum Gasteiger partial charge on any atom is 0.487 e. The smallest absolute Gasteiger partial charge is 0.463 e. The van der Waals surface area contributed by atoms with Gasteiger partial charge < -0.3 is 14.0 Å². The third-order valence-corrected chi connectivity index (χ3v) is 3.40. The Bertz CT molecular complexity index is 307. The van der Waals surface area contributed by atoms with Crippen LogP contribution in [-0.2, 0) is 18.8 Å². The summed E-state index contributed by atoms with van der Waals surface area (Å²) in [6, 6.07) is 0. The van der Waals surface area contributed by atoms with E-state index in [-0.39, 0.29) is 17.2 Å². The minimum absolute atomic E-state index is 0.349. The molecule has 0 aromatic carbocycles. The van der Waals surface area contributed by atoms with Gasteiger partial charge in [0.25, 0.3) is 0 Å². The maximum absolute atomic E-state index is 11.4. The molecule has 0 aromatic rings. The highest BCUT2D eigenvalue weighted by Crippen LogP contribution is 2.36. The van der Waals surface area contributed by atoms with E-state index in [4.69, 9.17) is 14.0 Å². The first-order valence-electron chi connectivity index (χ1n) is 6.49. The van der Waals surface area contributed by atoms with Crippen molar-refractivity contribution in [2.45, 2.75) is 58.7 Å². The van der Waals surface area contributed by atoms with Crippen molar-refractivity contribution in [3.63, 3.8) is 0 Å². The molecule has 0 radical (unpaired) electrons. The summed E-state index contributed by atoms with van der Waals surface area (Å²) in [5, 5.41) is 0. The molecule has 0 spiro atoms. The molecule has 0 bridgehead atoms. The first-order chi connectivity index (χ1) is 8.28. The van der Waals surface area contributed by atoms with Crippen LogP contribution in [-0.4, -0.2) is 30.9 Å². The van der Waals surface area contributed by atoms with E-state index in [0.717, 1.165) is 12.8 Å². The highest BCUT2D eigenvalue weighted by atomic mass is 16.7.